The molecule has 1 heterocycles. The standard InChI is InChI=1S/C16H9BrClFN2O2/c17-9-5-7-10(8-6-9)21-15(22)13(18)14(16(21)23)20-12-4-2-1-3-11(12)19/h1-8,20H. The van der Waals surface area contributed by atoms with Gasteiger partial charge >= 0.3 is 0 Å². The van der Waals surface area contributed by atoms with Crippen molar-refractivity contribution in [3.8, 4) is 0 Å². The van der Waals surface area contributed by atoms with Gasteiger partial charge in [0.2, 0.25) is 0 Å². The van der Waals surface area contributed by atoms with Gasteiger partial charge in [-0.2, -0.15) is 0 Å². The average Bonchev–Trinajstić information content (AvgIpc) is 2.74. The number of hydrogen-bond acceptors (Lipinski definition) is 3. The molecule has 2 aromatic rings. The third-order valence-corrected chi connectivity index (χ3v) is 4.12. The van der Waals surface area contributed by atoms with Crippen LogP contribution in [0.2, 0.25) is 0 Å². The Morgan fingerprint density at radius 2 is 1.65 bits per heavy atom. The fourth-order valence-corrected chi connectivity index (χ4v) is 2.61. The minimum absolute atomic E-state index is 0.0689. The summed E-state index contributed by atoms with van der Waals surface area (Å²) in [5.41, 5.74) is 0.302. The molecule has 1 aliphatic rings. The van der Waals surface area contributed by atoms with Crippen LogP contribution in [0.3, 0.4) is 0 Å². The fraction of sp³-hybridized carbons (Fsp3) is 0. The van der Waals surface area contributed by atoms with Crippen LogP contribution in [0.15, 0.2) is 63.7 Å². The predicted octanol–water partition coefficient (Wildman–Crippen LogP) is 4.02. The molecule has 0 unspecified atom stereocenters. The van der Waals surface area contributed by atoms with Gasteiger partial charge in [0.05, 0.1) is 11.4 Å². The molecular weight excluding hydrogens is 387 g/mol. The van der Waals surface area contributed by atoms with Crippen LogP contribution in [0.4, 0.5) is 15.8 Å². The molecule has 0 atom stereocenters. The van der Waals surface area contributed by atoms with E-state index in [0.29, 0.717) is 5.69 Å². The molecule has 0 saturated heterocycles. The Bertz CT molecular complexity index is 836. The summed E-state index contributed by atoms with van der Waals surface area (Å²) in [7, 11) is 0. The smallest absolute Gasteiger partial charge is 0.283 e. The first kappa shape index (κ1) is 15.7. The maximum absolute atomic E-state index is 13.7. The second-order valence-electron chi connectivity index (χ2n) is 4.72. The zero-order chi connectivity index (χ0) is 16.6. The maximum Gasteiger partial charge on any atom is 0.283 e. The van der Waals surface area contributed by atoms with E-state index in [0.717, 1.165) is 9.37 Å². The summed E-state index contributed by atoms with van der Waals surface area (Å²) in [5.74, 6) is -1.84. The van der Waals surface area contributed by atoms with Crippen LogP contribution in [0.25, 0.3) is 0 Å². The summed E-state index contributed by atoms with van der Waals surface area (Å²) in [4.78, 5) is 25.7. The number of hydrogen-bond donors (Lipinski definition) is 1. The van der Waals surface area contributed by atoms with Crippen molar-refractivity contribution >= 4 is 50.7 Å². The summed E-state index contributed by atoms with van der Waals surface area (Å²) >= 11 is 9.26. The molecule has 7 heteroatoms. The van der Waals surface area contributed by atoms with E-state index in [2.05, 4.69) is 21.2 Å². The summed E-state index contributed by atoms with van der Waals surface area (Å²) in [6, 6.07) is 12.4. The molecule has 116 valence electrons. The van der Waals surface area contributed by atoms with Crippen LogP contribution in [-0.2, 0) is 9.59 Å². The Morgan fingerprint density at radius 1 is 1.00 bits per heavy atom. The van der Waals surface area contributed by atoms with Gasteiger partial charge in [-0.05, 0) is 36.4 Å². The molecule has 2 amide bonds. The Kier molecular flexibility index (Phi) is 4.19. The minimum atomic E-state index is -0.655. The van der Waals surface area contributed by atoms with Gasteiger partial charge in [-0.25, -0.2) is 9.29 Å². The largest absolute Gasteiger partial charge is 0.347 e. The predicted molar refractivity (Wildman–Crippen MR) is 89.5 cm³/mol. The van der Waals surface area contributed by atoms with Gasteiger partial charge < -0.3 is 5.32 Å². The number of rotatable bonds is 3. The van der Waals surface area contributed by atoms with Crippen LogP contribution in [-0.4, -0.2) is 11.8 Å². The second-order valence-corrected chi connectivity index (χ2v) is 6.01. The van der Waals surface area contributed by atoms with E-state index in [-0.39, 0.29) is 16.4 Å². The van der Waals surface area contributed by atoms with E-state index in [9.17, 15) is 14.0 Å². The van der Waals surface area contributed by atoms with Crippen molar-refractivity contribution in [2.45, 2.75) is 0 Å². The van der Waals surface area contributed by atoms with Gasteiger partial charge in [0.1, 0.15) is 16.5 Å². The van der Waals surface area contributed by atoms with Gasteiger partial charge in [0.25, 0.3) is 11.8 Å². The molecule has 0 aliphatic carbocycles. The highest BCUT2D eigenvalue weighted by molar-refractivity contribution is 9.10. The molecular formula is C16H9BrClFN2O2. The minimum Gasteiger partial charge on any atom is -0.347 e. The van der Waals surface area contributed by atoms with Crippen molar-refractivity contribution < 1.29 is 14.0 Å². The highest BCUT2D eigenvalue weighted by Crippen LogP contribution is 2.31. The molecule has 0 radical (unpaired) electrons. The Labute approximate surface area is 144 Å². The van der Waals surface area contributed by atoms with E-state index in [4.69, 9.17) is 11.6 Å². The molecule has 0 fully saturated rings. The number of nitrogens with zero attached hydrogens (tertiary/aromatic N) is 1. The quantitative estimate of drug-likeness (QED) is 0.799. The topological polar surface area (TPSA) is 49.4 Å². The first-order valence-electron chi connectivity index (χ1n) is 6.54. The molecule has 0 saturated carbocycles. The number of nitrogens with one attached hydrogen (secondary N) is 1. The number of benzene rings is 2. The van der Waals surface area contributed by atoms with E-state index in [1.165, 1.54) is 18.2 Å². The normalized spacial score (nSPS) is 14.7. The van der Waals surface area contributed by atoms with Crippen LogP contribution in [0.5, 0.6) is 0 Å². The molecule has 23 heavy (non-hydrogen) atoms. The summed E-state index contributed by atoms with van der Waals surface area (Å²) < 4.78 is 14.5. The maximum atomic E-state index is 13.7. The highest BCUT2D eigenvalue weighted by atomic mass is 79.9. The summed E-state index contributed by atoms with van der Waals surface area (Å²) in [6.07, 6.45) is 0. The third-order valence-electron chi connectivity index (χ3n) is 3.25. The molecule has 0 aromatic heterocycles. The molecule has 3 rings (SSSR count). The number of halogens is 3. The van der Waals surface area contributed by atoms with E-state index in [1.54, 1.807) is 30.3 Å². The number of para-hydroxylation sites is 1. The number of anilines is 2. The molecule has 0 spiro atoms. The SMILES string of the molecule is O=C1C(Cl)=C(Nc2ccccc2F)C(=O)N1c1ccc(Br)cc1. The molecule has 2 aromatic carbocycles. The van der Waals surface area contributed by atoms with Crippen molar-refractivity contribution in [2.75, 3.05) is 10.2 Å². The molecule has 1 N–H and O–H groups in total. The van der Waals surface area contributed by atoms with Crippen molar-refractivity contribution in [3.05, 3.63) is 69.6 Å². The van der Waals surface area contributed by atoms with Crippen LogP contribution in [0, 0.1) is 5.82 Å². The average molecular weight is 396 g/mol. The monoisotopic (exact) mass is 394 g/mol. The lowest BCUT2D eigenvalue weighted by molar-refractivity contribution is -0.120. The lowest BCUT2D eigenvalue weighted by Gasteiger charge is -2.15. The Morgan fingerprint density at radius 3 is 2.30 bits per heavy atom. The fourth-order valence-electron chi connectivity index (χ4n) is 2.13. The lowest BCUT2D eigenvalue weighted by Crippen LogP contribution is -2.32. The van der Waals surface area contributed by atoms with E-state index < -0.39 is 17.6 Å². The van der Waals surface area contributed by atoms with Gasteiger partial charge in [0.15, 0.2) is 0 Å². The van der Waals surface area contributed by atoms with E-state index in [1.807, 2.05) is 0 Å². The number of carbonyl (C=O) groups excluding carboxylic acids is 2. The van der Waals surface area contributed by atoms with Crippen molar-refractivity contribution in [1.82, 2.24) is 0 Å². The number of amides is 2. The van der Waals surface area contributed by atoms with E-state index >= 15 is 0 Å². The van der Waals surface area contributed by atoms with Gasteiger partial charge in [-0.1, -0.05) is 39.7 Å². The lowest BCUT2D eigenvalue weighted by atomic mass is 10.3. The molecule has 1 aliphatic heterocycles. The Hall–Kier alpha value is -2.18. The van der Waals surface area contributed by atoms with Gasteiger partial charge in [-0.3, -0.25) is 9.59 Å². The van der Waals surface area contributed by atoms with Crippen molar-refractivity contribution in [3.63, 3.8) is 0 Å². The zero-order valence-electron chi connectivity index (χ0n) is 11.5. The van der Waals surface area contributed by atoms with Crippen LogP contribution in [0.1, 0.15) is 0 Å². The molecule has 4 nitrogen and oxygen atoms in total. The zero-order valence-corrected chi connectivity index (χ0v) is 13.9. The second kappa shape index (κ2) is 6.14. The third kappa shape index (κ3) is 2.87. The van der Waals surface area contributed by atoms with Crippen LogP contribution >= 0.6 is 27.5 Å². The summed E-state index contributed by atoms with van der Waals surface area (Å²) in [6.45, 7) is 0. The van der Waals surface area contributed by atoms with Crippen LogP contribution < -0.4 is 10.2 Å². The Balaban J connectivity index is 1.93. The summed E-state index contributed by atoms with van der Waals surface area (Å²) in [5, 5.41) is 2.32. The van der Waals surface area contributed by atoms with Crippen molar-refractivity contribution in [2.24, 2.45) is 0 Å². The number of imide groups is 1. The van der Waals surface area contributed by atoms with Gasteiger partial charge in [-0.15, -0.1) is 0 Å². The van der Waals surface area contributed by atoms with Crippen molar-refractivity contribution in [1.29, 1.82) is 0 Å². The van der Waals surface area contributed by atoms with Gasteiger partial charge in [0, 0.05) is 4.47 Å². The first-order chi connectivity index (χ1) is 11.0. The highest BCUT2D eigenvalue weighted by Gasteiger charge is 2.39. The first-order valence-corrected chi connectivity index (χ1v) is 7.72. The number of carbonyl (C=O) groups is 2. The molecule has 0 bridgehead atoms.